The predicted molar refractivity (Wildman–Crippen MR) is 79.4 cm³/mol. The molecule has 0 bridgehead atoms. The van der Waals surface area contributed by atoms with E-state index >= 15 is 0 Å². The maximum absolute atomic E-state index is 12.1. The van der Waals surface area contributed by atoms with E-state index in [0.29, 0.717) is 19.6 Å². The molecule has 2 heterocycles. The minimum atomic E-state index is -0.236. The summed E-state index contributed by atoms with van der Waals surface area (Å²) < 4.78 is 5.35. The van der Waals surface area contributed by atoms with Gasteiger partial charge in [0, 0.05) is 31.9 Å². The van der Waals surface area contributed by atoms with Crippen LogP contribution in [0.4, 0.5) is 0 Å². The zero-order valence-corrected chi connectivity index (χ0v) is 12.7. The molecule has 0 saturated carbocycles. The van der Waals surface area contributed by atoms with Crippen molar-refractivity contribution >= 4 is 5.91 Å². The SMILES string of the molecule is C/C=C(\CNCC(=O)N1CCC[C@H]1C#N)N1CCOCC1. The van der Waals surface area contributed by atoms with E-state index in [2.05, 4.69) is 22.4 Å². The Balaban J connectivity index is 1.75. The standard InChI is InChI=1S/C15H24N4O2/c1-2-13(18-6-8-21-9-7-18)11-17-12-15(20)19-5-3-4-14(19)10-16/h2,14,17H,3-9,11-12H2,1H3/b13-2+/t14-/m0/s1. The summed E-state index contributed by atoms with van der Waals surface area (Å²) >= 11 is 0. The van der Waals surface area contributed by atoms with Crippen molar-refractivity contribution in [2.75, 3.05) is 45.9 Å². The van der Waals surface area contributed by atoms with Gasteiger partial charge in [0.25, 0.3) is 0 Å². The lowest BCUT2D eigenvalue weighted by Gasteiger charge is -2.31. The highest BCUT2D eigenvalue weighted by Crippen LogP contribution is 2.16. The van der Waals surface area contributed by atoms with E-state index in [-0.39, 0.29) is 11.9 Å². The average Bonchev–Trinajstić information content (AvgIpc) is 3.01. The Kier molecular flexibility index (Phi) is 6.03. The number of nitriles is 1. The lowest BCUT2D eigenvalue weighted by atomic mass is 10.2. The third-order valence-corrected chi connectivity index (χ3v) is 4.06. The lowest BCUT2D eigenvalue weighted by molar-refractivity contribution is -0.130. The fourth-order valence-corrected chi connectivity index (χ4v) is 2.85. The summed E-state index contributed by atoms with van der Waals surface area (Å²) in [5.41, 5.74) is 1.20. The van der Waals surface area contributed by atoms with Crippen LogP contribution in [-0.2, 0) is 9.53 Å². The number of likely N-dealkylation sites (tertiary alicyclic amines) is 1. The summed E-state index contributed by atoms with van der Waals surface area (Å²) in [6.45, 7) is 7.00. The van der Waals surface area contributed by atoms with Crippen LogP contribution in [0.3, 0.4) is 0 Å². The molecule has 2 aliphatic heterocycles. The summed E-state index contributed by atoms with van der Waals surface area (Å²) in [5, 5.41) is 12.2. The molecular formula is C15H24N4O2. The number of hydrogen-bond donors (Lipinski definition) is 1. The van der Waals surface area contributed by atoms with E-state index in [1.807, 2.05) is 6.92 Å². The maximum atomic E-state index is 12.1. The van der Waals surface area contributed by atoms with Crippen molar-refractivity contribution in [2.24, 2.45) is 0 Å². The average molecular weight is 292 g/mol. The van der Waals surface area contributed by atoms with E-state index in [9.17, 15) is 4.79 Å². The highest BCUT2D eigenvalue weighted by Gasteiger charge is 2.27. The molecule has 0 aromatic heterocycles. The summed E-state index contributed by atoms with van der Waals surface area (Å²) in [4.78, 5) is 16.1. The molecule has 6 nitrogen and oxygen atoms in total. The largest absolute Gasteiger partial charge is 0.378 e. The van der Waals surface area contributed by atoms with Crippen LogP contribution in [0.5, 0.6) is 0 Å². The first-order valence-electron chi connectivity index (χ1n) is 7.64. The van der Waals surface area contributed by atoms with Crippen LogP contribution in [0, 0.1) is 11.3 Å². The van der Waals surface area contributed by atoms with E-state index in [4.69, 9.17) is 10.00 Å². The van der Waals surface area contributed by atoms with Crippen LogP contribution >= 0.6 is 0 Å². The summed E-state index contributed by atoms with van der Waals surface area (Å²) in [5.74, 6) is 0.0245. The second-order valence-corrected chi connectivity index (χ2v) is 5.36. The third-order valence-electron chi connectivity index (χ3n) is 4.06. The van der Waals surface area contributed by atoms with Crippen molar-refractivity contribution in [1.82, 2.24) is 15.1 Å². The number of nitrogens with one attached hydrogen (secondary N) is 1. The molecule has 1 amide bonds. The normalized spacial score (nSPS) is 23.2. The third kappa shape index (κ3) is 4.19. The molecule has 6 heteroatoms. The van der Waals surface area contributed by atoms with Crippen LogP contribution in [0.15, 0.2) is 11.8 Å². The van der Waals surface area contributed by atoms with Gasteiger partial charge >= 0.3 is 0 Å². The molecule has 1 N–H and O–H groups in total. The van der Waals surface area contributed by atoms with Crippen molar-refractivity contribution in [1.29, 1.82) is 5.26 Å². The molecular weight excluding hydrogens is 268 g/mol. The number of carbonyl (C=O) groups is 1. The van der Waals surface area contributed by atoms with Crippen LogP contribution in [-0.4, -0.2) is 67.7 Å². The molecule has 2 rings (SSSR count). The summed E-state index contributed by atoms with van der Waals surface area (Å²) in [7, 11) is 0. The highest BCUT2D eigenvalue weighted by atomic mass is 16.5. The van der Waals surface area contributed by atoms with E-state index in [1.165, 1.54) is 5.70 Å². The molecule has 2 fully saturated rings. The van der Waals surface area contributed by atoms with Crippen LogP contribution in [0.1, 0.15) is 19.8 Å². The molecule has 2 saturated heterocycles. The van der Waals surface area contributed by atoms with Gasteiger partial charge in [-0.3, -0.25) is 4.79 Å². The predicted octanol–water partition coefficient (Wildman–Crippen LogP) is 0.327. The van der Waals surface area contributed by atoms with Gasteiger partial charge in [-0.05, 0) is 19.8 Å². The summed E-state index contributed by atoms with van der Waals surface area (Å²) in [6.07, 6.45) is 3.81. The smallest absolute Gasteiger partial charge is 0.237 e. The monoisotopic (exact) mass is 292 g/mol. The van der Waals surface area contributed by atoms with Gasteiger partial charge in [0.2, 0.25) is 5.91 Å². The fraction of sp³-hybridized carbons (Fsp3) is 0.733. The lowest BCUT2D eigenvalue weighted by Crippen LogP contribution is -2.43. The first kappa shape index (κ1) is 15.8. The molecule has 0 aromatic rings. The molecule has 0 aromatic carbocycles. The number of allylic oxidation sites excluding steroid dienone is 1. The van der Waals surface area contributed by atoms with Gasteiger partial charge in [-0.25, -0.2) is 0 Å². The first-order valence-corrected chi connectivity index (χ1v) is 7.64. The van der Waals surface area contributed by atoms with E-state index in [1.54, 1.807) is 4.90 Å². The molecule has 0 radical (unpaired) electrons. The Morgan fingerprint density at radius 1 is 1.38 bits per heavy atom. The molecule has 2 aliphatic rings. The summed E-state index contributed by atoms with van der Waals surface area (Å²) in [6, 6.07) is 1.96. The Hall–Kier alpha value is -1.58. The van der Waals surface area contributed by atoms with Crippen LogP contribution in [0.25, 0.3) is 0 Å². The minimum absolute atomic E-state index is 0.0245. The van der Waals surface area contributed by atoms with E-state index < -0.39 is 0 Å². The van der Waals surface area contributed by atoms with Crippen molar-refractivity contribution in [2.45, 2.75) is 25.8 Å². The molecule has 1 atom stereocenters. The van der Waals surface area contributed by atoms with Gasteiger partial charge < -0.3 is 19.9 Å². The molecule has 0 unspecified atom stereocenters. The van der Waals surface area contributed by atoms with Gasteiger partial charge in [0.15, 0.2) is 0 Å². The van der Waals surface area contributed by atoms with Crippen molar-refractivity contribution in [3.8, 4) is 6.07 Å². The fourth-order valence-electron chi connectivity index (χ4n) is 2.85. The van der Waals surface area contributed by atoms with Gasteiger partial charge in [-0.2, -0.15) is 5.26 Å². The Labute approximate surface area is 126 Å². The molecule has 0 aliphatic carbocycles. The number of morpholine rings is 1. The number of rotatable bonds is 5. The highest BCUT2D eigenvalue weighted by molar-refractivity contribution is 5.79. The van der Waals surface area contributed by atoms with Crippen LogP contribution in [0.2, 0.25) is 0 Å². The Morgan fingerprint density at radius 3 is 2.81 bits per heavy atom. The quantitative estimate of drug-likeness (QED) is 0.791. The molecule has 116 valence electrons. The maximum Gasteiger partial charge on any atom is 0.237 e. The second-order valence-electron chi connectivity index (χ2n) is 5.36. The van der Waals surface area contributed by atoms with Crippen molar-refractivity contribution in [3.05, 3.63) is 11.8 Å². The van der Waals surface area contributed by atoms with Gasteiger partial charge in [0.05, 0.1) is 25.8 Å². The molecule has 0 spiro atoms. The Bertz CT molecular complexity index is 424. The zero-order chi connectivity index (χ0) is 15.1. The number of hydrogen-bond acceptors (Lipinski definition) is 5. The zero-order valence-electron chi connectivity index (χ0n) is 12.7. The minimum Gasteiger partial charge on any atom is -0.378 e. The van der Waals surface area contributed by atoms with Gasteiger partial charge in [-0.15, -0.1) is 0 Å². The van der Waals surface area contributed by atoms with Gasteiger partial charge in [-0.1, -0.05) is 6.08 Å². The number of ether oxygens (including phenoxy) is 1. The van der Waals surface area contributed by atoms with Gasteiger partial charge in [0.1, 0.15) is 6.04 Å². The van der Waals surface area contributed by atoms with E-state index in [0.717, 1.165) is 39.1 Å². The number of nitrogens with zero attached hydrogens (tertiary/aromatic N) is 3. The topological polar surface area (TPSA) is 68.6 Å². The van der Waals surface area contributed by atoms with Crippen LogP contribution < -0.4 is 5.32 Å². The Morgan fingerprint density at radius 2 is 2.14 bits per heavy atom. The van der Waals surface area contributed by atoms with Crippen molar-refractivity contribution in [3.63, 3.8) is 0 Å². The van der Waals surface area contributed by atoms with Crippen molar-refractivity contribution < 1.29 is 9.53 Å². The molecule has 21 heavy (non-hydrogen) atoms. The number of amides is 1. The number of carbonyl (C=O) groups excluding carboxylic acids is 1. The second kappa shape index (κ2) is 8.01. The first-order chi connectivity index (χ1) is 10.3.